The number of ether oxygens (including phenoxy) is 1. The van der Waals surface area contributed by atoms with Gasteiger partial charge in [0.1, 0.15) is 11.5 Å². The number of nitro groups is 1. The summed E-state index contributed by atoms with van der Waals surface area (Å²) in [6.45, 7) is 0. The molecule has 8 heteroatoms. The van der Waals surface area contributed by atoms with Crippen molar-refractivity contribution in [3.8, 4) is 11.5 Å². The Morgan fingerprint density at radius 2 is 1.60 bits per heavy atom. The molecular formula is C22H17N3O5. The van der Waals surface area contributed by atoms with Crippen molar-refractivity contribution in [2.24, 2.45) is 0 Å². The fraction of sp³-hybridized carbons (Fsp3) is 0. The summed E-state index contributed by atoms with van der Waals surface area (Å²) in [5.74, 6) is 0.0739. The van der Waals surface area contributed by atoms with Crippen LogP contribution in [-0.2, 0) is 4.79 Å². The van der Waals surface area contributed by atoms with E-state index in [1.807, 2.05) is 30.3 Å². The number of para-hydroxylation sites is 1. The summed E-state index contributed by atoms with van der Waals surface area (Å²) >= 11 is 0. The number of hydrazine groups is 1. The van der Waals surface area contributed by atoms with Crippen LogP contribution in [-0.4, -0.2) is 16.7 Å². The van der Waals surface area contributed by atoms with Gasteiger partial charge in [0.15, 0.2) is 0 Å². The van der Waals surface area contributed by atoms with Gasteiger partial charge in [-0.1, -0.05) is 36.4 Å². The Hall–Kier alpha value is -4.46. The summed E-state index contributed by atoms with van der Waals surface area (Å²) in [5, 5.41) is 10.8. The van der Waals surface area contributed by atoms with E-state index in [0.29, 0.717) is 11.5 Å². The Labute approximate surface area is 171 Å². The minimum absolute atomic E-state index is 0.0549. The summed E-state index contributed by atoms with van der Waals surface area (Å²) in [6.07, 6.45) is 2.81. The third kappa shape index (κ3) is 5.77. The van der Waals surface area contributed by atoms with Crippen LogP contribution in [0.3, 0.4) is 0 Å². The monoisotopic (exact) mass is 403 g/mol. The predicted octanol–water partition coefficient (Wildman–Crippen LogP) is 3.86. The SMILES string of the molecule is O=C(/C=C/c1cccc(Oc2ccccc2)c1)NNC(=O)c1cccc([N+](=O)[O-])c1. The lowest BCUT2D eigenvalue weighted by Crippen LogP contribution is -2.40. The molecule has 0 saturated carbocycles. The number of amides is 2. The highest BCUT2D eigenvalue weighted by Crippen LogP contribution is 2.22. The van der Waals surface area contributed by atoms with Gasteiger partial charge in [-0.3, -0.25) is 30.6 Å². The molecule has 2 amide bonds. The molecular weight excluding hydrogens is 386 g/mol. The van der Waals surface area contributed by atoms with Gasteiger partial charge in [0.2, 0.25) is 0 Å². The predicted molar refractivity (Wildman–Crippen MR) is 111 cm³/mol. The summed E-state index contributed by atoms with van der Waals surface area (Å²) < 4.78 is 5.74. The Kier molecular flexibility index (Phi) is 6.52. The number of nitrogens with one attached hydrogen (secondary N) is 2. The van der Waals surface area contributed by atoms with Gasteiger partial charge in [-0.2, -0.15) is 0 Å². The normalized spacial score (nSPS) is 10.4. The third-order valence-corrected chi connectivity index (χ3v) is 3.88. The minimum Gasteiger partial charge on any atom is -0.457 e. The van der Waals surface area contributed by atoms with E-state index in [9.17, 15) is 19.7 Å². The highest BCUT2D eigenvalue weighted by molar-refractivity contribution is 5.98. The second-order valence-corrected chi connectivity index (χ2v) is 6.07. The van der Waals surface area contributed by atoms with Gasteiger partial charge in [-0.05, 0) is 42.0 Å². The number of non-ortho nitro benzene ring substituents is 1. The van der Waals surface area contributed by atoms with E-state index >= 15 is 0 Å². The number of hydrogen-bond donors (Lipinski definition) is 2. The zero-order chi connectivity index (χ0) is 21.3. The fourth-order valence-electron chi connectivity index (χ4n) is 2.47. The molecule has 0 unspecified atom stereocenters. The van der Waals surface area contributed by atoms with E-state index in [0.717, 1.165) is 11.6 Å². The molecule has 3 aromatic rings. The molecule has 0 atom stereocenters. The number of nitrogens with zero attached hydrogens (tertiary/aromatic N) is 1. The molecule has 0 aliphatic carbocycles. The molecule has 3 aromatic carbocycles. The van der Waals surface area contributed by atoms with Crippen LogP contribution in [0, 0.1) is 10.1 Å². The van der Waals surface area contributed by atoms with Crippen LogP contribution in [0.1, 0.15) is 15.9 Å². The molecule has 3 rings (SSSR count). The Balaban J connectivity index is 1.56. The van der Waals surface area contributed by atoms with Gasteiger partial charge in [0, 0.05) is 23.8 Å². The number of benzene rings is 3. The van der Waals surface area contributed by atoms with Crippen molar-refractivity contribution in [3.63, 3.8) is 0 Å². The standard InChI is InChI=1S/C22H17N3O5/c26-21(23-24-22(27)17-7-5-8-18(15-17)25(28)29)13-12-16-6-4-11-20(14-16)30-19-9-2-1-3-10-19/h1-15H,(H,23,26)(H,24,27)/b13-12+. The molecule has 0 fully saturated rings. The van der Waals surface area contributed by atoms with Gasteiger partial charge in [-0.25, -0.2) is 0 Å². The van der Waals surface area contributed by atoms with Gasteiger partial charge < -0.3 is 4.74 Å². The zero-order valence-corrected chi connectivity index (χ0v) is 15.6. The number of nitro benzene ring substituents is 1. The molecule has 0 heterocycles. The van der Waals surface area contributed by atoms with E-state index in [-0.39, 0.29) is 11.3 Å². The number of carbonyl (C=O) groups is 2. The lowest BCUT2D eigenvalue weighted by atomic mass is 10.2. The molecule has 0 aromatic heterocycles. The van der Waals surface area contributed by atoms with Crippen LogP contribution < -0.4 is 15.6 Å². The van der Waals surface area contributed by atoms with E-state index in [2.05, 4.69) is 10.9 Å². The molecule has 0 aliphatic heterocycles. The van der Waals surface area contributed by atoms with Crippen LogP contribution >= 0.6 is 0 Å². The number of carbonyl (C=O) groups excluding carboxylic acids is 2. The summed E-state index contributed by atoms with van der Waals surface area (Å²) in [5.41, 5.74) is 5.00. The number of rotatable bonds is 6. The Morgan fingerprint density at radius 3 is 2.37 bits per heavy atom. The second kappa shape index (κ2) is 9.65. The fourth-order valence-corrected chi connectivity index (χ4v) is 2.47. The van der Waals surface area contributed by atoms with Gasteiger partial charge >= 0.3 is 0 Å². The Morgan fingerprint density at radius 1 is 0.867 bits per heavy atom. The van der Waals surface area contributed by atoms with E-state index < -0.39 is 16.7 Å². The molecule has 0 spiro atoms. The topological polar surface area (TPSA) is 111 Å². The summed E-state index contributed by atoms with van der Waals surface area (Å²) in [6, 6.07) is 21.6. The van der Waals surface area contributed by atoms with E-state index in [4.69, 9.17) is 4.74 Å². The smallest absolute Gasteiger partial charge is 0.270 e. The van der Waals surface area contributed by atoms with Crippen LogP contribution in [0.5, 0.6) is 11.5 Å². The average Bonchev–Trinajstić information content (AvgIpc) is 2.77. The van der Waals surface area contributed by atoms with E-state index in [1.165, 1.54) is 24.3 Å². The molecule has 0 saturated heterocycles. The Bertz CT molecular complexity index is 1100. The lowest BCUT2D eigenvalue weighted by Gasteiger charge is -2.06. The van der Waals surface area contributed by atoms with Crippen molar-refractivity contribution in [2.75, 3.05) is 0 Å². The molecule has 30 heavy (non-hydrogen) atoms. The van der Waals surface area contributed by atoms with Gasteiger partial charge in [-0.15, -0.1) is 0 Å². The summed E-state index contributed by atoms with van der Waals surface area (Å²) in [7, 11) is 0. The highest BCUT2D eigenvalue weighted by atomic mass is 16.6. The average molecular weight is 403 g/mol. The van der Waals surface area contributed by atoms with Crippen molar-refractivity contribution in [3.05, 3.63) is 106 Å². The van der Waals surface area contributed by atoms with Crippen molar-refractivity contribution < 1.29 is 19.2 Å². The highest BCUT2D eigenvalue weighted by Gasteiger charge is 2.11. The van der Waals surface area contributed by atoms with Crippen LogP contribution in [0.2, 0.25) is 0 Å². The molecule has 2 N–H and O–H groups in total. The quantitative estimate of drug-likeness (QED) is 0.369. The minimum atomic E-state index is -0.668. The maximum absolute atomic E-state index is 12.0. The largest absolute Gasteiger partial charge is 0.457 e. The zero-order valence-electron chi connectivity index (χ0n) is 15.6. The van der Waals surface area contributed by atoms with E-state index in [1.54, 1.807) is 30.3 Å². The molecule has 0 bridgehead atoms. The van der Waals surface area contributed by atoms with Crippen molar-refractivity contribution >= 4 is 23.6 Å². The van der Waals surface area contributed by atoms with Crippen molar-refractivity contribution in [2.45, 2.75) is 0 Å². The van der Waals surface area contributed by atoms with Gasteiger partial charge in [0.05, 0.1) is 4.92 Å². The second-order valence-electron chi connectivity index (χ2n) is 6.07. The first-order valence-corrected chi connectivity index (χ1v) is 8.87. The molecule has 8 nitrogen and oxygen atoms in total. The maximum Gasteiger partial charge on any atom is 0.270 e. The maximum atomic E-state index is 12.0. The molecule has 150 valence electrons. The van der Waals surface area contributed by atoms with Crippen molar-refractivity contribution in [1.82, 2.24) is 10.9 Å². The van der Waals surface area contributed by atoms with Gasteiger partial charge in [0.25, 0.3) is 17.5 Å². The first kappa shape index (κ1) is 20.3. The first-order valence-electron chi connectivity index (χ1n) is 8.87. The van der Waals surface area contributed by atoms with Crippen LogP contribution in [0.4, 0.5) is 5.69 Å². The molecule has 0 aliphatic rings. The number of hydrogen-bond acceptors (Lipinski definition) is 5. The molecule has 0 radical (unpaired) electrons. The van der Waals surface area contributed by atoms with Crippen LogP contribution in [0.25, 0.3) is 6.08 Å². The third-order valence-electron chi connectivity index (χ3n) is 3.88. The van der Waals surface area contributed by atoms with Crippen LogP contribution in [0.15, 0.2) is 84.9 Å². The lowest BCUT2D eigenvalue weighted by molar-refractivity contribution is -0.384. The first-order chi connectivity index (χ1) is 14.5. The van der Waals surface area contributed by atoms with Crippen molar-refractivity contribution in [1.29, 1.82) is 0 Å². The summed E-state index contributed by atoms with van der Waals surface area (Å²) in [4.78, 5) is 34.1.